The van der Waals surface area contributed by atoms with Gasteiger partial charge in [-0.2, -0.15) is 10.2 Å². The number of hydrogen-bond acceptors (Lipinski definition) is 5. The number of carbonyl (C=O) groups excluding carboxylic acids is 1. The van der Waals surface area contributed by atoms with Gasteiger partial charge in [0.1, 0.15) is 5.52 Å². The van der Waals surface area contributed by atoms with Gasteiger partial charge in [-0.25, -0.2) is 4.68 Å². The van der Waals surface area contributed by atoms with Crippen molar-refractivity contribution in [2.45, 2.75) is 46.6 Å². The molecule has 2 aromatic heterocycles. The molecule has 30 heavy (non-hydrogen) atoms. The second-order valence-electron chi connectivity index (χ2n) is 8.25. The predicted octanol–water partition coefficient (Wildman–Crippen LogP) is 3.83. The minimum atomic E-state index is -0.0567. The van der Waals surface area contributed by atoms with Crippen LogP contribution in [0.2, 0.25) is 5.02 Å². The summed E-state index contributed by atoms with van der Waals surface area (Å²) >= 11 is 6.05. The Morgan fingerprint density at radius 1 is 1.20 bits per heavy atom. The number of nitrogens with one attached hydrogen (secondary N) is 1. The molecule has 1 aliphatic rings. The van der Waals surface area contributed by atoms with Gasteiger partial charge in [-0.1, -0.05) is 11.6 Å². The van der Waals surface area contributed by atoms with Crippen molar-refractivity contribution >= 4 is 34.2 Å². The Morgan fingerprint density at radius 2 is 1.93 bits per heavy atom. The molecule has 0 saturated carbocycles. The highest BCUT2D eigenvalue weighted by Gasteiger charge is 2.29. The second kappa shape index (κ2) is 8.22. The van der Waals surface area contributed by atoms with Crippen molar-refractivity contribution in [1.82, 2.24) is 25.3 Å². The first-order valence-electron chi connectivity index (χ1n) is 10.4. The predicted molar refractivity (Wildman–Crippen MR) is 119 cm³/mol. The average molecular weight is 427 g/mol. The normalized spacial score (nSPS) is 17.0. The zero-order valence-electron chi connectivity index (χ0n) is 17.8. The third-order valence-corrected chi connectivity index (χ3v) is 5.83. The number of piperidine rings is 1. The zero-order chi connectivity index (χ0) is 21.4. The van der Waals surface area contributed by atoms with Crippen LogP contribution in [-0.2, 0) is 4.79 Å². The fraction of sp³-hybridized carbons (Fsp3) is 0.455. The first kappa shape index (κ1) is 20.6. The maximum absolute atomic E-state index is 12.6. The number of rotatable bonds is 4. The summed E-state index contributed by atoms with van der Waals surface area (Å²) in [5.41, 5.74) is 3.61. The van der Waals surface area contributed by atoms with E-state index in [9.17, 15) is 4.79 Å². The fourth-order valence-corrected chi connectivity index (χ4v) is 4.27. The summed E-state index contributed by atoms with van der Waals surface area (Å²) in [6.45, 7) is 9.43. The molecule has 1 fully saturated rings. The largest absolute Gasteiger partial charge is 0.354 e. The van der Waals surface area contributed by atoms with Crippen LogP contribution in [-0.4, -0.2) is 45.0 Å². The monoisotopic (exact) mass is 426 g/mol. The van der Waals surface area contributed by atoms with E-state index < -0.39 is 0 Å². The van der Waals surface area contributed by atoms with Crippen LogP contribution in [0.15, 0.2) is 24.3 Å². The van der Waals surface area contributed by atoms with Gasteiger partial charge in [0.25, 0.3) is 0 Å². The molecule has 1 amide bonds. The molecule has 0 unspecified atom stereocenters. The van der Waals surface area contributed by atoms with Gasteiger partial charge in [-0.05, 0) is 64.8 Å². The molecule has 1 aliphatic heterocycles. The van der Waals surface area contributed by atoms with Crippen LogP contribution in [0.25, 0.3) is 16.6 Å². The molecule has 3 aromatic rings. The number of nitrogens with zero attached hydrogens (tertiary/aromatic N) is 5. The summed E-state index contributed by atoms with van der Waals surface area (Å²) in [5.74, 6) is 0.793. The van der Waals surface area contributed by atoms with Crippen LogP contribution in [0.1, 0.15) is 38.1 Å². The second-order valence-corrected chi connectivity index (χ2v) is 8.69. The molecule has 1 N–H and O–H groups in total. The molecule has 158 valence electrons. The van der Waals surface area contributed by atoms with E-state index in [0.29, 0.717) is 11.6 Å². The van der Waals surface area contributed by atoms with Crippen molar-refractivity contribution < 1.29 is 4.79 Å². The van der Waals surface area contributed by atoms with Crippen molar-refractivity contribution in [3.8, 4) is 5.69 Å². The van der Waals surface area contributed by atoms with E-state index in [1.54, 1.807) is 0 Å². The van der Waals surface area contributed by atoms with Crippen molar-refractivity contribution in [2.24, 2.45) is 5.92 Å². The lowest BCUT2D eigenvalue weighted by atomic mass is 9.96. The molecule has 0 radical (unpaired) electrons. The number of aryl methyl sites for hydroxylation is 2. The number of fused-ring (bicyclic) bond motifs is 1. The van der Waals surface area contributed by atoms with E-state index in [1.807, 2.05) is 56.6 Å². The molecule has 7 nitrogen and oxygen atoms in total. The molecule has 3 heterocycles. The highest BCUT2D eigenvalue weighted by Crippen LogP contribution is 2.31. The minimum Gasteiger partial charge on any atom is -0.354 e. The van der Waals surface area contributed by atoms with Gasteiger partial charge >= 0.3 is 0 Å². The van der Waals surface area contributed by atoms with Crippen molar-refractivity contribution in [3.63, 3.8) is 0 Å². The van der Waals surface area contributed by atoms with Gasteiger partial charge in [-0.3, -0.25) is 4.79 Å². The Bertz CT molecular complexity index is 1080. The van der Waals surface area contributed by atoms with E-state index in [4.69, 9.17) is 16.7 Å². The summed E-state index contributed by atoms with van der Waals surface area (Å²) in [5, 5.41) is 18.5. The molecule has 1 atom stereocenters. The third-order valence-electron chi connectivity index (χ3n) is 5.58. The Morgan fingerprint density at radius 3 is 2.63 bits per heavy atom. The van der Waals surface area contributed by atoms with Gasteiger partial charge in [-0.15, -0.1) is 5.10 Å². The van der Waals surface area contributed by atoms with E-state index >= 15 is 0 Å². The lowest BCUT2D eigenvalue weighted by Gasteiger charge is -2.33. The summed E-state index contributed by atoms with van der Waals surface area (Å²) in [7, 11) is 0. The summed E-state index contributed by atoms with van der Waals surface area (Å²) in [4.78, 5) is 14.7. The average Bonchev–Trinajstić information content (AvgIpc) is 3.06. The highest BCUT2D eigenvalue weighted by atomic mass is 35.5. The van der Waals surface area contributed by atoms with Gasteiger partial charge < -0.3 is 10.2 Å². The van der Waals surface area contributed by atoms with Crippen LogP contribution in [0.3, 0.4) is 0 Å². The maximum Gasteiger partial charge on any atom is 0.225 e. The third kappa shape index (κ3) is 3.86. The first-order valence-corrected chi connectivity index (χ1v) is 10.8. The van der Waals surface area contributed by atoms with Crippen molar-refractivity contribution in [3.05, 3.63) is 40.7 Å². The number of benzene rings is 1. The van der Waals surface area contributed by atoms with Crippen LogP contribution in [0.5, 0.6) is 0 Å². The fourth-order valence-electron chi connectivity index (χ4n) is 4.14. The Balaban J connectivity index is 1.73. The van der Waals surface area contributed by atoms with E-state index in [2.05, 4.69) is 20.4 Å². The molecular weight excluding hydrogens is 400 g/mol. The number of carbonyl (C=O) groups is 1. The summed E-state index contributed by atoms with van der Waals surface area (Å²) < 4.78 is 1.91. The Hall–Kier alpha value is -2.67. The first-order chi connectivity index (χ1) is 14.3. The Labute approximate surface area is 181 Å². The van der Waals surface area contributed by atoms with Crippen molar-refractivity contribution in [1.29, 1.82) is 0 Å². The molecule has 0 aliphatic carbocycles. The van der Waals surface area contributed by atoms with Crippen LogP contribution in [0.4, 0.5) is 5.82 Å². The smallest absolute Gasteiger partial charge is 0.225 e. The summed E-state index contributed by atoms with van der Waals surface area (Å²) in [6, 6.07) is 7.75. The number of amides is 1. The summed E-state index contributed by atoms with van der Waals surface area (Å²) in [6.07, 6.45) is 1.82. The lowest BCUT2D eigenvalue weighted by Crippen LogP contribution is -2.45. The van der Waals surface area contributed by atoms with Crippen LogP contribution < -0.4 is 10.2 Å². The quantitative estimate of drug-likeness (QED) is 0.686. The number of halogens is 1. The van der Waals surface area contributed by atoms with Gasteiger partial charge in [0.05, 0.1) is 28.4 Å². The number of anilines is 1. The van der Waals surface area contributed by atoms with Crippen LogP contribution in [0, 0.1) is 19.8 Å². The molecule has 8 heteroatoms. The topological polar surface area (TPSA) is 75.9 Å². The van der Waals surface area contributed by atoms with E-state index in [1.165, 1.54) is 0 Å². The maximum atomic E-state index is 12.6. The highest BCUT2D eigenvalue weighted by molar-refractivity contribution is 6.30. The molecule has 0 bridgehead atoms. The standard InChI is InChI=1S/C22H27ClN6O/c1-13(2)24-22(30)16-6-5-11-28(12-16)21-20-19(14(3)25-26-21)15(4)29(27-20)18-9-7-17(23)8-10-18/h7-10,13,16H,5-6,11-12H2,1-4H3,(H,24,30)/t16-/m1/s1. The molecule has 4 rings (SSSR count). The van der Waals surface area contributed by atoms with Gasteiger partial charge in [0.2, 0.25) is 5.91 Å². The molecular formula is C22H27ClN6O. The van der Waals surface area contributed by atoms with Crippen LogP contribution >= 0.6 is 11.6 Å². The minimum absolute atomic E-state index is 0.0567. The van der Waals surface area contributed by atoms with Gasteiger partial charge in [0.15, 0.2) is 5.82 Å². The number of hydrogen-bond donors (Lipinski definition) is 1. The van der Waals surface area contributed by atoms with Gasteiger partial charge in [0, 0.05) is 24.2 Å². The molecule has 1 aromatic carbocycles. The lowest BCUT2D eigenvalue weighted by molar-refractivity contribution is -0.125. The van der Waals surface area contributed by atoms with Crippen molar-refractivity contribution in [2.75, 3.05) is 18.0 Å². The SMILES string of the molecule is Cc1nnc(N2CCC[C@@H](C(=O)NC(C)C)C2)c2nn(-c3ccc(Cl)cc3)c(C)c12. The zero-order valence-corrected chi connectivity index (χ0v) is 18.6. The van der Waals surface area contributed by atoms with E-state index in [0.717, 1.165) is 53.2 Å². The molecule has 1 saturated heterocycles. The van der Waals surface area contributed by atoms with E-state index in [-0.39, 0.29) is 17.9 Å². The Kier molecular flexibility index (Phi) is 5.64. The molecule has 0 spiro atoms. The number of aromatic nitrogens is 4.